The maximum atomic E-state index is 13.2. The maximum Gasteiger partial charge on any atom is 0.323 e. The predicted molar refractivity (Wildman–Crippen MR) is 153 cm³/mol. The summed E-state index contributed by atoms with van der Waals surface area (Å²) in [6, 6.07) is 23.6. The summed E-state index contributed by atoms with van der Waals surface area (Å²) < 4.78 is 0. The van der Waals surface area contributed by atoms with Gasteiger partial charge in [0.25, 0.3) is 5.91 Å². The molecule has 1 fully saturated rings. The molecule has 4 rings (SSSR count). The Labute approximate surface area is 220 Å². The van der Waals surface area contributed by atoms with Crippen LogP contribution in [0.25, 0.3) is 0 Å². The molecule has 1 heterocycles. The van der Waals surface area contributed by atoms with E-state index in [0.29, 0.717) is 29.6 Å². The second kappa shape index (κ2) is 12.4. The van der Waals surface area contributed by atoms with Crippen molar-refractivity contribution < 1.29 is 9.59 Å². The van der Waals surface area contributed by atoms with E-state index in [0.717, 1.165) is 49.3 Å². The standard InChI is InChI=1S/C31H38N4O2/c1-22(2)21-32-30(36)28-20-27(34-31(37)33-26-11-7-8-23(3)18-26)12-13-29(28)35-16-14-25(15-17-35)19-24-9-5-4-6-10-24/h4-13,18,20,22,25H,14-17,19,21H2,1-3H3,(H,32,36)(H2,33,34,37). The minimum atomic E-state index is -0.339. The molecule has 0 spiro atoms. The number of benzene rings is 3. The second-order valence-corrected chi connectivity index (χ2v) is 10.4. The quantitative estimate of drug-likeness (QED) is 0.333. The van der Waals surface area contributed by atoms with Crippen LogP contribution in [0.3, 0.4) is 0 Å². The molecule has 1 saturated heterocycles. The van der Waals surface area contributed by atoms with Crippen LogP contribution in [-0.4, -0.2) is 31.6 Å². The lowest BCUT2D eigenvalue weighted by Gasteiger charge is -2.35. The summed E-state index contributed by atoms with van der Waals surface area (Å²) in [7, 11) is 0. The van der Waals surface area contributed by atoms with Crippen molar-refractivity contribution >= 4 is 29.0 Å². The molecule has 0 unspecified atom stereocenters. The van der Waals surface area contributed by atoms with E-state index in [-0.39, 0.29) is 11.9 Å². The van der Waals surface area contributed by atoms with Crippen molar-refractivity contribution in [3.05, 3.63) is 89.5 Å². The average molecular weight is 499 g/mol. The summed E-state index contributed by atoms with van der Waals surface area (Å²) in [5.74, 6) is 0.878. The number of carbonyl (C=O) groups excluding carboxylic acids is 2. The summed E-state index contributed by atoms with van der Waals surface area (Å²) >= 11 is 0. The van der Waals surface area contributed by atoms with Crippen molar-refractivity contribution in [3.8, 4) is 0 Å². The minimum absolute atomic E-state index is 0.113. The van der Waals surface area contributed by atoms with E-state index in [2.05, 4.69) is 65.0 Å². The van der Waals surface area contributed by atoms with Crippen LogP contribution in [0, 0.1) is 18.8 Å². The molecular formula is C31H38N4O2. The Morgan fingerprint density at radius 3 is 2.27 bits per heavy atom. The summed E-state index contributed by atoms with van der Waals surface area (Å²) in [5.41, 5.74) is 5.28. The van der Waals surface area contributed by atoms with Gasteiger partial charge in [-0.05, 0) is 79.5 Å². The predicted octanol–water partition coefficient (Wildman–Crippen LogP) is 6.48. The van der Waals surface area contributed by atoms with Crippen LogP contribution in [0.2, 0.25) is 0 Å². The first-order valence-electron chi connectivity index (χ1n) is 13.2. The fourth-order valence-electron chi connectivity index (χ4n) is 4.81. The molecule has 1 aliphatic rings. The average Bonchev–Trinajstić information content (AvgIpc) is 2.88. The molecule has 6 nitrogen and oxygen atoms in total. The van der Waals surface area contributed by atoms with Gasteiger partial charge in [-0.1, -0.05) is 56.3 Å². The lowest BCUT2D eigenvalue weighted by molar-refractivity contribution is 0.0949. The van der Waals surface area contributed by atoms with E-state index < -0.39 is 0 Å². The molecule has 0 aliphatic carbocycles. The number of rotatable bonds is 8. The molecule has 1 aliphatic heterocycles. The fraction of sp³-hybridized carbons (Fsp3) is 0.355. The van der Waals surface area contributed by atoms with E-state index in [1.54, 1.807) is 6.07 Å². The van der Waals surface area contributed by atoms with Crippen LogP contribution in [0.1, 0.15) is 48.2 Å². The number of urea groups is 1. The van der Waals surface area contributed by atoms with Crippen LogP contribution < -0.4 is 20.9 Å². The largest absolute Gasteiger partial charge is 0.371 e. The lowest BCUT2D eigenvalue weighted by Crippen LogP contribution is -2.36. The minimum Gasteiger partial charge on any atom is -0.371 e. The number of amides is 3. The Balaban J connectivity index is 1.46. The van der Waals surface area contributed by atoms with E-state index in [1.165, 1.54) is 5.56 Å². The SMILES string of the molecule is Cc1cccc(NC(=O)Nc2ccc(N3CCC(Cc4ccccc4)CC3)c(C(=O)NCC(C)C)c2)c1. The molecule has 0 radical (unpaired) electrons. The number of carbonyl (C=O) groups is 2. The number of hydrogen-bond donors (Lipinski definition) is 3. The lowest BCUT2D eigenvalue weighted by atomic mass is 9.89. The van der Waals surface area contributed by atoms with Gasteiger partial charge in [-0.2, -0.15) is 0 Å². The highest BCUT2D eigenvalue weighted by Gasteiger charge is 2.24. The number of nitrogens with zero attached hydrogens (tertiary/aromatic N) is 1. The Morgan fingerprint density at radius 2 is 1.59 bits per heavy atom. The van der Waals surface area contributed by atoms with Crippen molar-refractivity contribution in [2.45, 2.75) is 40.0 Å². The summed E-state index contributed by atoms with van der Waals surface area (Å²) in [5, 5.41) is 8.80. The Morgan fingerprint density at radius 1 is 0.892 bits per heavy atom. The number of piperidine rings is 1. The van der Waals surface area contributed by atoms with Gasteiger partial charge in [0.1, 0.15) is 0 Å². The van der Waals surface area contributed by atoms with Crippen molar-refractivity contribution in [1.82, 2.24) is 5.32 Å². The molecular weight excluding hydrogens is 460 g/mol. The van der Waals surface area contributed by atoms with Crippen molar-refractivity contribution in [1.29, 1.82) is 0 Å². The normalized spacial score (nSPS) is 13.9. The highest BCUT2D eigenvalue weighted by molar-refractivity contribution is 6.04. The van der Waals surface area contributed by atoms with Crippen LogP contribution in [0.15, 0.2) is 72.8 Å². The molecule has 3 amide bonds. The molecule has 194 valence electrons. The van der Waals surface area contributed by atoms with E-state index in [1.807, 2.05) is 43.3 Å². The summed E-state index contributed by atoms with van der Waals surface area (Å²) in [4.78, 5) is 28.2. The summed E-state index contributed by atoms with van der Waals surface area (Å²) in [6.45, 7) is 8.54. The number of aryl methyl sites for hydroxylation is 1. The highest BCUT2D eigenvalue weighted by Crippen LogP contribution is 2.30. The second-order valence-electron chi connectivity index (χ2n) is 10.4. The smallest absolute Gasteiger partial charge is 0.323 e. The Kier molecular flexibility index (Phi) is 8.83. The van der Waals surface area contributed by atoms with Gasteiger partial charge in [-0.15, -0.1) is 0 Å². The monoisotopic (exact) mass is 498 g/mol. The molecule has 3 aromatic rings. The third-order valence-electron chi connectivity index (χ3n) is 6.77. The Bertz CT molecular complexity index is 1200. The van der Waals surface area contributed by atoms with Crippen LogP contribution in [0.4, 0.5) is 21.9 Å². The molecule has 0 bridgehead atoms. The van der Waals surface area contributed by atoms with Gasteiger partial charge in [0, 0.05) is 36.7 Å². The number of nitrogens with one attached hydrogen (secondary N) is 3. The third-order valence-corrected chi connectivity index (χ3v) is 6.77. The van der Waals surface area contributed by atoms with Crippen molar-refractivity contribution in [2.75, 3.05) is 35.2 Å². The van der Waals surface area contributed by atoms with Crippen molar-refractivity contribution in [2.24, 2.45) is 11.8 Å². The van der Waals surface area contributed by atoms with E-state index in [9.17, 15) is 9.59 Å². The van der Waals surface area contributed by atoms with Gasteiger partial charge >= 0.3 is 6.03 Å². The Hall–Kier alpha value is -3.80. The molecule has 3 N–H and O–H groups in total. The topological polar surface area (TPSA) is 73.5 Å². The zero-order chi connectivity index (χ0) is 26.2. The zero-order valence-electron chi connectivity index (χ0n) is 22.1. The maximum absolute atomic E-state index is 13.2. The molecule has 0 aromatic heterocycles. The van der Waals surface area contributed by atoms with Gasteiger partial charge in [0.15, 0.2) is 0 Å². The van der Waals surface area contributed by atoms with Gasteiger partial charge in [0.2, 0.25) is 0 Å². The van der Waals surface area contributed by atoms with Crippen LogP contribution >= 0.6 is 0 Å². The van der Waals surface area contributed by atoms with Crippen LogP contribution in [0.5, 0.6) is 0 Å². The zero-order valence-corrected chi connectivity index (χ0v) is 22.1. The van der Waals surface area contributed by atoms with E-state index >= 15 is 0 Å². The first-order chi connectivity index (χ1) is 17.9. The molecule has 6 heteroatoms. The number of hydrogen-bond acceptors (Lipinski definition) is 3. The van der Waals surface area contributed by atoms with Crippen molar-refractivity contribution in [3.63, 3.8) is 0 Å². The van der Waals surface area contributed by atoms with Crippen LogP contribution in [-0.2, 0) is 6.42 Å². The molecule has 0 atom stereocenters. The fourth-order valence-corrected chi connectivity index (χ4v) is 4.81. The van der Waals surface area contributed by atoms with Gasteiger partial charge in [-0.25, -0.2) is 4.79 Å². The highest BCUT2D eigenvalue weighted by atomic mass is 16.2. The first-order valence-corrected chi connectivity index (χ1v) is 13.2. The molecule has 0 saturated carbocycles. The molecule has 3 aromatic carbocycles. The van der Waals surface area contributed by atoms with Gasteiger partial charge in [0.05, 0.1) is 5.56 Å². The third kappa shape index (κ3) is 7.59. The van der Waals surface area contributed by atoms with Gasteiger partial charge in [-0.3, -0.25) is 4.79 Å². The van der Waals surface area contributed by atoms with E-state index in [4.69, 9.17) is 0 Å². The number of anilines is 3. The first kappa shape index (κ1) is 26.3. The molecule has 37 heavy (non-hydrogen) atoms. The van der Waals surface area contributed by atoms with Gasteiger partial charge < -0.3 is 20.9 Å². The summed E-state index contributed by atoms with van der Waals surface area (Å²) in [6.07, 6.45) is 3.26.